The minimum absolute atomic E-state index is 0.383. The van der Waals surface area contributed by atoms with Crippen molar-refractivity contribution in [3.05, 3.63) is 0 Å². The summed E-state index contributed by atoms with van der Waals surface area (Å²) in [5.74, 6) is 0. The predicted octanol–water partition coefficient (Wildman–Crippen LogP) is 1.09. The number of rotatable bonds is 3. The third-order valence-electron chi connectivity index (χ3n) is 0.539. The first-order chi connectivity index (χ1) is 5.52. The van der Waals surface area contributed by atoms with E-state index in [1.165, 1.54) is 0 Å². The molecule has 0 amide bonds. The van der Waals surface area contributed by atoms with Gasteiger partial charge in [0.25, 0.3) is 0 Å². The highest BCUT2D eigenvalue weighted by molar-refractivity contribution is 5.59. The van der Waals surface area contributed by atoms with Gasteiger partial charge in [-0.1, -0.05) is 0 Å². The molecule has 0 radical (unpaired) electrons. The lowest BCUT2D eigenvalue weighted by molar-refractivity contribution is -0.457. The summed E-state index contributed by atoms with van der Waals surface area (Å²) in [7, 11) is 0. The maximum Gasteiger partial charge on any atom is 0.543 e. The molecule has 0 rings (SSSR count). The molecule has 0 fully saturated rings. The van der Waals surface area contributed by atoms with E-state index in [1.807, 2.05) is 0 Å². The Labute approximate surface area is 67.6 Å². The van der Waals surface area contributed by atoms with Crippen molar-refractivity contribution in [1.29, 1.82) is 0 Å². The second-order valence-electron chi connectivity index (χ2n) is 1.92. The largest absolute Gasteiger partial charge is 0.543 e. The van der Waals surface area contributed by atoms with Crippen molar-refractivity contribution in [3.63, 3.8) is 0 Å². The Kier molecular flexibility index (Phi) is 4.54. The number of ether oxygens (including phenoxy) is 1. The molecule has 0 aromatic rings. The fourth-order valence-corrected chi connectivity index (χ4v) is 0.286. The molecular formula is C5H8O7. The Morgan fingerprint density at radius 2 is 1.83 bits per heavy atom. The standard InChI is InChI=1S/C5H8O7/c1-3(2)9-5(8)11-12-10-4(6)7/h3H,1-2H3,(H,6,7). The highest BCUT2D eigenvalue weighted by atomic mass is 17.5. The fraction of sp³-hybridized carbons (Fsp3) is 0.600. The first-order valence-corrected chi connectivity index (χ1v) is 2.97. The zero-order valence-electron chi connectivity index (χ0n) is 6.47. The number of hydrogen-bond acceptors (Lipinski definition) is 6. The van der Waals surface area contributed by atoms with E-state index in [0.717, 1.165) is 0 Å². The molecule has 0 saturated heterocycles. The summed E-state index contributed by atoms with van der Waals surface area (Å²) in [6.07, 6.45) is -3.29. The molecule has 0 heterocycles. The molecule has 1 N–H and O–H groups in total. The van der Waals surface area contributed by atoms with Crippen molar-refractivity contribution in [1.82, 2.24) is 0 Å². The molecule has 0 aliphatic heterocycles. The number of hydrogen-bond donors (Lipinski definition) is 1. The van der Waals surface area contributed by atoms with E-state index in [4.69, 9.17) is 5.11 Å². The van der Waals surface area contributed by atoms with Crippen LogP contribution in [0.2, 0.25) is 0 Å². The molecule has 70 valence electrons. The summed E-state index contributed by atoms with van der Waals surface area (Å²) >= 11 is 0. The number of carboxylic acid groups (broad SMARTS) is 1. The Morgan fingerprint density at radius 1 is 1.25 bits per heavy atom. The van der Waals surface area contributed by atoms with Crippen molar-refractivity contribution in [2.24, 2.45) is 0 Å². The summed E-state index contributed by atoms with van der Waals surface area (Å²) in [5.41, 5.74) is 0. The van der Waals surface area contributed by atoms with E-state index in [-0.39, 0.29) is 6.10 Å². The van der Waals surface area contributed by atoms with E-state index < -0.39 is 12.3 Å². The van der Waals surface area contributed by atoms with E-state index in [0.29, 0.717) is 0 Å². The van der Waals surface area contributed by atoms with Crippen molar-refractivity contribution >= 4 is 12.3 Å². The van der Waals surface area contributed by atoms with E-state index >= 15 is 0 Å². The van der Waals surface area contributed by atoms with Crippen molar-refractivity contribution in [2.75, 3.05) is 0 Å². The van der Waals surface area contributed by atoms with Crippen LogP contribution >= 0.6 is 0 Å². The maximum atomic E-state index is 10.4. The van der Waals surface area contributed by atoms with Crippen LogP contribution in [-0.2, 0) is 19.6 Å². The first kappa shape index (κ1) is 10.5. The van der Waals surface area contributed by atoms with Gasteiger partial charge in [-0.25, -0.2) is 19.4 Å². The molecule has 0 spiro atoms. The van der Waals surface area contributed by atoms with Crippen LogP contribution in [0.4, 0.5) is 9.59 Å². The Bertz CT molecular complexity index is 163. The SMILES string of the molecule is CC(C)OC(=O)OOOC(=O)O. The zero-order chi connectivity index (χ0) is 9.56. The van der Waals surface area contributed by atoms with E-state index in [1.54, 1.807) is 13.8 Å². The van der Waals surface area contributed by atoms with Crippen LogP contribution in [-0.4, -0.2) is 23.5 Å². The third kappa shape index (κ3) is 6.62. The molecule has 7 nitrogen and oxygen atoms in total. The molecule has 0 atom stereocenters. The van der Waals surface area contributed by atoms with Gasteiger partial charge >= 0.3 is 12.3 Å². The molecule has 0 aromatic heterocycles. The van der Waals surface area contributed by atoms with Crippen LogP contribution in [0.1, 0.15) is 13.8 Å². The molecule has 0 aliphatic carbocycles. The maximum absolute atomic E-state index is 10.4. The number of carbonyl (C=O) groups excluding carboxylic acids is 1. The minimum Gasteiger partial charge on any atom is -0.448 e. The van der Waals surface area contributed by atoms with Gasteiger partial charge in [0.1, 0.15) is 0 Å². The summed E-state index contributed by atoms with van der Waals surface area (Å²) in [5, 5.41) is 11.3. The lowest BCUT2D eigenvalue weighted by atomic mass is 10.5. The van der Waals surface area contributed by atoms with Crippen LogP contribution in [0.25, 0.3) is 0 Å². The summed E-state index contributed by atoms with van der Waals surface area (Å²) in [4.78, 5) is 27.1. The monoisotopic (exact) mass is 180 g/mol. The Morgan fingerprint density at radius 3 is 2.25 bits per heavy atom. The van der Waals surface area contributed by atoms with Gasteiger partial charge in [0.05, 0.1) is 11.1 Å². The van der Waals surface area contributed by atoms with Gasteiger partial charge < -0.3 is 9.84 Å². The molecule has 12 heavy (non-hydrogen) atoms. The molecule has 7 heteroatoms. The highest BCUT2D eigenvalue weighted by Gasteiger charge is 2.09. The molecule has 0 unspecified atom stereocenters. The minimum atomic E-state index is -1.73. The van der Waals surface area contributed by atoms with Crippen LogP contribution in [0.3, 0.4) is 0 Å². The molecule has 0 aliphatic rings. The Hall–Kier alpha value is -1.50. The van der Waals surface area contributed by atoms with Crippen LogP contribution in [0.15, 0.2) is 0 Å². The van der Waals surface area contributed by atoms with Crippen molar-refractivity contribution in [3.8, 4) is 0 Å². The van der Waals surface area contributed by atoms with Gasteiger partial charge in [0.15, 0.2) is 0 Å². The quantitative estimate of drug-likeness (QED) is 0.394. The lowest BCUT2D eigenvalue weighted by Gasteiger charge is -2.04. The average molecular weight is 180 g/mol. The second-order valence-corrected chi connectivity index (χ2v) is 1.92. The summed E-state index contributed by atoms with van der Waals surface area (Å²) < 4.78 is 4.37. The second kappa shape index (κ2) is 5.19. The molecule has 0 saturated carbocycles. The van der Waals surface area contributed by atoms with Crippen molar-refractivity contribution < 1.29 is 34.2 Å². The number of carbonyl (C=O) groups is 2. The third-order valence-corrected chi connectivity index (χ3v) is 0.539. The molecule has 0 bridgehead atoms. The normalized spacial score (nSPS) is 9.25. The molecular weight excluding hydrogens is 172 g/mol. The summed E-state index contributed by atoms with van der Waals surface area (Å²) in [6, 6.07) is 0. The predicted molar refractivity (Wildman–Crippen MR) is 32.9 cm³/mol. The average Bonchev–Trinajstić information content (AvgIpc) is 1.84. The topological polar surface area (TPSA) is 91.3 Å². The molecule has 0 aromatic carbocycles. The van der Waals surface area contributed by atoms with E-state index in [9.17, 15) is 9.59 Å². The smallest absolute Gasteiger partial charge is 0.448 e. The Balaban J connectivity index is 3.38. The van der Waals surface area contributed by atoms with Crippen molar-refractivity contribution in [2.45, 2.75) is 20.0 Å². The van der Waals surface area contributed by atoms with Gasteiger partial charge in [-0.05, 0) is 13.8 Å². The van der Waals surface area contributed by atoms with E-state index in [2.05, 4.69) is 19.6 Å². The lowest BCUT2D eigenvalue weighted by Crippen LogP contribution is -2.14. The fourth-order valence-electron chi connectivity index (χ4n) is 0.286. The summed E-state index contributed by atoms with van der Waals surface area (Å²) in [6.45, 7) is 3.17. The van der Waals surface area contributed by atoms with Gasteiger partial charge in [-0.15, -0.1) is 0 Å². The van der Waals surface area contributed by atoms with Crippen LogP contribution < -0.4 is 0 Å². The highest BCUT2D eigenvalue weighted by Crippen LogP contribution is 1.93. The zero-order valence-corrected chi connectivity index (χ0v) is 6.47. The van der Waals surface area contributed by atoms with Crippen LogP contribution in [0.5, 0.6) is 0 Å². The van der Waals surface area contributed by atoms with Gasteiger partial charge in [0, 0.05) is 0 Å². The van der Waals surface area contributed by atoms with Crippen LogP contribution in [0, 0.1) is 0 Å². The van der Waals surface area contributed by atoms with Gasteiger partial charge in [0.2, 0.25) is 0 Å². The van der Waals surface area contributed by atoms with Gasteiger partial charge in [-0.3, -0.25) is 0 Å². The van der Waals surface area contributed by atoms with Gasteiger partial charge in [-0.2, -0.15) is 0 Å². The first-order valence-electron chi connectivity index (χ1n) is 2.97.